The molecule has 1 amide bonds. The lowest BCUT2D eigenvalue weighted by atomic mass is 10.1. The van der Waals surface area contributed by atoms with Gasteiger partial charge in [0.15, 0.2) is 0 Å². The molecular weight excluding hydrogens is 270 g/mol. The van der Waals surface area contributed by atoms with Crippen LogP contribution in [0.1, 0.15) is 23.8 Å². The third-order valence-corrected chi connectivity index (χ3v) is 3.90. The van der Waals surface area contributed by atoms with Crippen molar-refractivity contribution in [2.45, 2.75) is 19.4 Å². The summed E-state index contributed by atoms with van der Waals surface area (Å²) in [5.41, 5.74) is 0.544. The largest absolute Gasteiger partial charge is 0.333 e. The molecule has 4 nitrogen and oxygen atoms in total. The summed E-state index contributed by atoms with van der Waals surface area (Å²) in [5, 5.41) is 5.00. The number of amides is 1. The maximum absolute atomic E-state index is 12.2. The van der Waals surface area contributed by atoms with Crippen LogP contribution in [0.5, 0.6) is 0 Å². The number of carbonyl (C=O) groups is 1. The highest BCUT2D eigenvalue weighted by Crippen LogP contribution is 2.26. The van der Waals surface area contributed by atoms with Crippen LogP contribution in [-0.4, -0.2) is 38.5 Å². The number of hydrogen-bond donors (Lipinski definition) is 0. The van der Waals surface area contributed by atoms with Crippen LogP contribution in [0, 0.1) is 5.92 Å². The molecule has 0 saturated carbocycles. The monoisotopic (exact) mass is 285 g/mol. The Balaban J connectivity index is 2.16. The van der Waals surface area contributed by atoms with Gasteiger partial charge in [0.2, 0.25) is 0 Å². The van der Waals surface area contributed by atoms with E-state index in [-0.39, 0.29) is 5.91 Å². The fourth-order valence-electron chi connectivity index (χ4n) is 2.17. The number of aryl methyl sites for hydroxylation is 1. The number of nitrogens with zero attached hydrogens (tertiary/aromatic N) is 3. The number of rotatable bonds is 2. The molecule has 0 radical (unpaired) electrons. The van der Waals surface area contributed by atoms with Crippen molar-refractivity contribution in [3.63, 3.8) is 0 Å². The molecule has 0 bridgehead atoms. The van der Waals surface area contributed by atoms with Gasteiger partial charge in [0.1, 0.15) is 5.69 Å². The van der Waals surface area contributed by atoms with E-state index in [0.29, 0.717) is 17.7 Å². The van der Waals surface area contributed by atoms with Crippen LogP contribution in [0.2, 0.25) is 0 Å². The van der Waals surface area contributed by atoms with Crippen LogP contribution >= 0.6 is 15.9 Å². The molecule has 2 unspecified atom stereocenters. The summed E-state index contributed by atoms with van der Waals surface area (Å²) in [6.45, 7) is 3.03. The predicted molar refractivity (Wildman–Crippen MR) is 65.6 cm³/mol. The second kappa shape index (κ2) is 4.57. The van der Waals surface area contributed by atoms with Crippen molar-refractivity contribution >= 4 is 21.8 Å². The average Bonchev–Trinajstić information content (AvgIpc) is 2.83. The Labute approximate surface area is 104 Å². The highest BCUT2D eigenvalue weighted by molar-refractivity contribution is 9.09. The van der Waals surface area contributed by atoms with Gasteiger partial charge in [-0.3, -0.25) is 9.48 Å². The van der Waals surface area contributed by atoms with E-state index in [2.05, 4.69) is 28.0 Å². The molecule has 88 valence electrons. The van der Waals surface area contributed by atoms with Crippen molar-refractivity contribution in [3.8, 4) is 0 Å². The van der Waals surface area contributed by atoms with Gasteiger partial charge < -0.3 is 4.90 Å². The highest BCUT2D eigenvalue weighted by atomic mass is 79.9. The van der Waals surface area contributed by atoms with Gasteiger partial charge in [-0.15, -0.1) is 0 Å². The van der Waals surface area contributed by atoms with E-state index in [4.69, 9.17) is 0 Å². The van der Waals surface area contributed by atoms with Crippen LogP contribution < -0.4 is 0 Å². The Morgan fingerprint density at radius 2 is 2.44 bits per heavy atom. The first-order valence-electron chi connectivity index (χ1n) is 5.50. The molecule has 0 spiro atoms. The minimum atomic E-state index is 0.0504. The van der Waals surface area contributed by atoms with Gasteiger partial charge in [0.25, 0.3) is 5.91 Å². The van der Waals surface area contributed by atoms with Crippen molar-refractivity contribution in [1.29, 1.82) is 0 Å². The van der Waals surface area contributed by atoms with E-state index in [9.17, 15) is 4.79 Å². The highest BCUT2D eigenvalue weighted by Gasteiger charge is 2.34. The van der Waals surface area contributed by atoms with E-state index < -0.39 is 0 Å². The molecule has 1 fully saturated rings. The van der Waals surface area contributed by atoms with Gasteiger partial charge in [0.05, 0.1) is 0 Å². The number of alkyl halides is 1. The lowest BCUT2D eigenvalue weighted by molar-refractivity contribution is 0.0732. The normalized spacial score (nSPS) is 25.1. The first-order chi connectivity index (χ1) is 7.63. The van der Waals surface area contributed by atoms with E-state index in [1.807, 2.05) is 11.9 Å². The molecule has 16 heavy (non-hydrogen) atoms. The van der Waals surface area contributed by atoms with Gasteiger partial charge in [-0.05, 0) is 18.4 Å². The molecule has 2 rings (SSSR count). The fourth-order valence-corrected chi connectivity index (χ4v) is 3.16. The molecule has 0 N–H and O–H groups in total. The molecule has 1 aliphatic rings. The lowest BCUT2D eigenvalue weighted by Gasteiger charge is -2.24. The number of hydrogen-bond acceptors (Lipinski definition) is 2. The molecule has 1 aromatic heterocycles. The summed E-state index contributed by atoms with van der Waals surface area (Å²) in [5.74, 6) is 0.612. The molecule has 1 saturated heterocycles. The van der Waals surface area contributed by atoms with Gasteiger partial charge in [-0.1, -0.05) is 22.9 Å². The van der Waals surface area contributed by atoms with Crippen molar-refractivity contribution in [2.24, 2.45) is 13.0 Å². The number of halogens is 1. The number of aromatic nitrogens is 2. The lowest BCUT2D eigenvalue weighted by Crippen LogP contribution is -2.38. The molecule has 2 heterocycles. The van der Waals surface area contributed by atoms with Crippen LogP contribution in [-0.2, 0) is 7.05 Å². The molecule has 1 aliphatic heterocycles. The quantitative estimate of drug-likeness (QED) is 0.776. The Hall–Kier alpha value is -0.840. The first-order valence-corrected chi connectivity index (χ1v) is 6.62. The van der Waals surface area contributed by atoms with Crippen molar-refractivity contribution in [1.82, 2.24) is 14.7 Å². The summed E-state index contributed by atoms with van der Waals surface area (Å²) < 4.78 is 1.66. The molecule has 1 aromatic rings. The minimum absolute atomic E-state index is 0.0504. The molecule has 0 aromatic carbocycles. The maximum Gasteiger partial charge on any atom is 0.274 e. The first kappa shape index (κ1) is 11.6. The SMILES string of the molecule is CC1CCN(C(=O)c2ccn(C)n2)C1CBr. The van der Waals surface area contributed by atoms with Crippen LogP contribution in [0.25, 0.3) is 0 Å². The van der Waals surface area contributed by atoms with E-state index in [0.717, 1.165) is 18.3 Å². The van der Waals surface area contributed by atoms with E-state index >= 15 is 0 Å². The third-order valence-electron chi connectivity index (χ3n) is 3.23. The van der Waals surface area contributed by atoms with Crippen LogP contribution in [0.3, 0.4) is 0 Å². The van der Waals surface area contributed by atoms with E-state index in [1.165, 1.54) is 0 Å². The summed E-state index contributed by atoms with van der Waals surface area (Å²) >= 11 is 3.48. The van der Waals surface area contributed by atoms with E-state index in [1.54, 1.807) is 16.9 Å². The van der Waals surface area contributed by atoms with Gasteiger partial charge in [-0.2, -0.15) is 5.10 Å². The summed E-state index contributed by atoms with van der Waals surface area (Å²) in [6, 6.07) is 2.07. The van der Waals surface area contributed by atoms with Gasteiger partial charge in [0, 0.05) is 31.2 Å². The summed E-state index contributed by atoms with van der Waals surface area (Å²) in [4.78, 5) is 14.1. The third kappa shape index (κ3) is 2.00. The van der Waals surface area contributed by atoms with Crippen LogP contribution in [0.4, 0.5) is 0 Å². The maximum atomic E-state index is 12.2. The second-order valence-electron chi connectivity index (χ2n) is 4.36. The molecular formula is C11H16BrN3O. The Kier molecular flexibility index (Phi) is 3.33. The van der Waals surface area contributed by atoms with Crippen molar-refractivity contribution in [3.05, 3.63) is 18.0 Å². The van der Waals surface area contributed by atoms with Crippen molar-refractivity contribution in [2.75, 3.05) is 11.9 Å². The second-order valence-corrected chi connectivity index (χ2v) is 5.01. The van der Waals surface area contributed by atoms with Crippen molar-refractivity contribution < 1.29 is 4.79 Å². The molecule has 2 atom stereocenters. The summed E-state index contributed by atoms with van der Waals surface area (Å²) in [7, 11) is 1.82. The molecule has 5 heteroatoms. The smallest absolute Gasteiger partial charge is 0.274 e. The van der Waals surface area contributed by atoms with Gasteiger partial charge in [-0.25, -0.2) is 0 Å². The standard InChI is InChI=1S/C11H16BrN3O/c1-8-3-6-15(10(8)7-12)11(16)9-4-5-14(2)13-9/h4-5,8,10H,3,6-7H2,1-2H3. The van der Waals surface area contributed by atoms with Crippen LogP contribution in [0.15, 0.2) is 12.3 Å². The Morgan fingerprint density at radius 1 is 1.69 bits per heavy atom. The minimum Gasteiger partial charge on any atom is -0.333 e. The predicted octanol–water partition coefficient (Wildman–Crippen LogP) is 1.67. The topological polar surface area (TPSA) is 38.1 Å². The number of likely N-dealkylation sites (tertiary alicyclic amines) is 1. The molecule has 0 aliphatic carbocycles. The number of carbonyl (C=O) groups excluding carboxylic acids is 1. The zero-order chi connectivity index (χ0) is 11.7. The summed E-state index contributed by atoms with van der Waals surface area (Å²) in [6.07, 6.45) is 2.88. The Morgan fingerprint density at radius 3 is 3.00 bits per heavy atom. The fraction of sp³-hybridized carbons (Fsp3) is 0.636. The zero-order valence-corrected chi connectivity index (χ0v) is 11.1. The zero-order valence-electron chi connectivity index (χ0n) is 9.56. The average molecular weight is 286 g/mol. The Bertz CT molecular complexity index is 390. The van der Waals surface area contributed by atoms with Gasteiger partial charge >= 0.3 is 0 Å².